The maximum Gasteiger partial charge on any atom is 0.136 e. The second-order valence-corrected chi connectivity index (χ2v) is 3.69. The standard InChI is InChI=1S/C10H14N2O/c1-3-12-6-8(5-11-12)9-4-10(13)7(9)2/h5-7,9H,3-4H2,1-2H3. The minimum absolute atomic E-state index is 0.203. The van der Waals surface area contributed by atoms with Crippen LogP contribution in [0.4, 0.5) is 0 Å². The molecule has 3 heteroatoms. The van der Waals surface area contributed by atoms with Crippen molar-refractivity contribution >= 4 is 5.78 Å². The minimum atomic E-state index is 0.203. The summed E-state index contributed by atoms with van der Waals surface area (Å²) in [7, 11) is 0. The summed E-state index contributed by atoms with van der Waals surface area (Å²) >= 11 is 0. The molecule has 0 bridgehead atoms. The third-order valence-electron chi connectivity index (χ3n) is 2.94. The van der Waals surface area contributed by atoms with E-state index in [1.807, 2.05) is 24.0 Å². The van der Waals surface area contributed by atoms with Crippen molar-refractivity contribution in [3.63, 3.8) is 0 Å². The van der Waals surface area contributed by atoms with Crippen LogP contribution in [0.1, 0.15) is 31.7 Å². The van der Waals surface area contributed by atoms with E-state index in [1.54, 1.807) is 0 Å². The summed E-state index contributed by atoms with van der Waals surface area (Å²) in [6.45, 7) is 4.96. The van der Waals surface area contributed by atoms with E-state index in [2.05, 4.69) is 12.0 Å². The van der Waals surface area contributed by atoms with Crippen molar-refractivity contribution in [2.75, 3.05) is 0 Å². The quantitative estimate of drug-likeness (QED) is 0.689. The Morgan fingerprint density at radius 1 is 1.69 bits per heavy atom. The highest BCUT2D eigenvalue weighted by Gasteiger charge is 2.37. The van der Waals surface area contributed by atoms with E-state index in [9.17, 15) is 4.79 Å². The summed E-state index contributed by atoms with van der Waals surface area (Å²) in [5, 5.41) is 4.20. The van der Waals surface area contributed by atoms with Gasteiger partial charge in [0.05, 0.1) is 6.20 Å². The van der Waals surface area contributed by atoms with Crippen molar-refractivity contribution in [1.29, 1.82) is 0 Å². The fourth-order valence-corrected chi connectivity index (χ4v) is 1.79. The monoisotopic (exact) mass is 178 g/mol. The summed E-state index contributed by atoms with van der Waals surface area (Å²) in [5.41, 5.74) is 1.22. The Morgan fingerprint density at radius 2 is 2.46 bits per heavy atom. The number of nitrogens with zero attached hydrogens (tertiary/aromatic N) is 2. The number of rotatable bonds is 2. The molecule has 1 aromatic heterocycles. The number of hydrogen-bond acceptors (Lipinski definition) is 2. The average molecular weight is 178 g/mol. The largest absolute Gasteiger partial charge is 0.299 e. The molecule has 1 saturated carbocycles. The van der Waals surface area contributed by atoms with Crippen LogP contribution in [0.25, 0.3) is 0 Å². The summed E-state index contributed by atoms with van der Waals surface area (Å²) in [6, 6.07) is 0. The molecule has 70 valence electrons. The van der Waals surface area contributed by atoms with Crippen LogP contribution in [-0.4, -0.2) is 15.6 Å². The van der Waals surface area contributed by atoms with E-state index in [4.69, 9.17) is 0 Å². The number of aryl methyl sites for hydroxylation is 1. The molecule has 0 aromatic carbocycles. The predicted octanol–water partition coefficient (Wildman–Crippen LogP) is 1.60. The molecular weight excluding hydrogens is 164 g/mol. The molecule has 1 heterocycles. The molecule has 0 spiro atoms. The van der Waals surface area contributed by atoms with Crippen molar-refractivity contribution < 1.29 is 4.79 Å². The fourth-order valence-electron chi connectivity index (χ4n) is 1.79. The van der Waals surface area contributed by atoms with Gasteiger partial charge in [-0.2, -0.15) is 5.10 Å². The molecule has 2 atom stereocenters. The van der Waals surface area contributed by atoms with Gasteiger partial charge in [0.1, 0.15) is 5.78 Å². The van der Waals surface area contributed by atoms with Gasteiger partial charge >= 0.3 is 0 Å². The van der Waals surface area contributed by atoms with Gasteiger partial charge in [0.2, 0.25) is 0 Å². The molecule has 0 aliphatic heterocycles. The first kappa shape index (κ1) is 8.48. The van der Waals surface area contributed by atoms with Gasteiger partial charge in [-0.05, 0) is 12.5 Å². The van der Waals surface area contributed by atoms with Crippen molar-refractivity contribution in [3.05, 3.63) is 18.0 Å². The number of Topliss-reactive ketones (excluding diaryl/α,β-unsaturated/α-hetero) is 1. The molecule has 0 N–H and O–H groups in total. The topological polar surface area (TPSA) is 34.9 Å². The van der Waals surface area contributed by atoms with Crippen LogP contribution in [0.3, 0.4) is 0 Å². The lowest BCUT2D eigenvalue weighted by Gasteiger charge is -2.31. The molecular formula is C10H14N2O. The van der Waals surface area contributed by atoms with E-state index in [-0.39, 0.29) is 5.92 Å². The van der Waals surface area contributed by atoms with Crippen LogP contribution in [-0.2, 0) is 11.3 Å². The lowest BCUT2D eigenvalue weighted by molar-refractivity contribution is -0.130. The smallest absolute Gasteiger partial charge is 0.136 e. The Labute approximate surface area is 77.7 Å². The highest BCUT2D eigenvalue weighted by atomic mass is 16.1. The molecule has 2 rings (SSSR count). The van der Waals surface area contributed by atoms with Gasteiger partial charge in [-0.15, -0.1) is 0 Å². The molecule has 0 amide bonds. The average Bonchev–Trinajstić information content (AvgIpc) is 2.61. The van der Waals surface area contributed by atoms with Crippen molar-refractivity contribution in [2.45, 2.75) is 32.7 Å². The van der Waals surface area contributed by atoms with E-state index >= 15 is 0 Å². The number of ketones is 1. The Hall–Kier alpha value is -1.12. The first-order valence-electron chi connectivity index (χ1n) is 4.77. The van der Waals surface area contributed by atoms with Gasteiger partial charge in [0.25, 0.3) is 0 Å². The first-order chi connectivity index (χ1) is 6.22. The SMILES string of the molecule is CCn1cc(C2CC(=O)C2C)cn1. The number of hydrogen-bond donors (Lipinski definition) is 0. The molecule has 0 radical (unpaired) electrons. The van der Waals surface area contributed by atoms with Gasteiger partial charge in [0.15, 0.2) is 0 Å². The van der Waals surface area contributed by atoms with Crippen LogP contribution in [0, 0.1) is 5.92 Å². The first-order valence-corrected chi connectivity index (χ1v) is 4.77. The van der Waals surface area contributed by atoms with Crippen LogP contribution in [0.5, 0.6) is 0 Å². The lowest BCUT2D eigenvalue weighted by Crippen LogP contribution is -2.32. The molecule has 13 heavy (non-hydrogen) atoms. The molecule has 1 fully saturated rings. The number of aromatic nitrogens is 2. The van der Waals surface area contributed by atoms with E-state index in [0.717, 1.165) is 6.54 Å². The minimum Gasteiger partial charge on any atom is -0.299 e. The third-order valence-corrected chi connectivity index (χ3v) is 2.94. The zero-order valence-electron chi connectivity index (χ0n) is 8.03. The maximum atomic E-state index is 11.1. The molecule has 2 unspecified atom stereocenters. The van der Waals surface area contributed by atoms with E-state index in [1.165, 1.54) is 5.56 Å². The molecule has 1 aliphatic carbocycles. The molecule has 3 nitrogen and oxygen atoms in total. The van der Waals surface area contributed by atoms with Crippen LogP contribution in [0.2, 0.25) is 0 Å². The second-order valence-electron chi connectivity index (χ2n) is 3.69. The van der Waals surface area contributed by atoms with Crippen molar-refractivity contribution in [1.82, 2.24) is 9.78 Å². The zero-order valence-corrected chi connectivity index (χ0v) is 8.03. The number of carbonyl (C=O) groups is 1. The summed E-state index contributed by atoms with van der Waals surface area (Å²) in [4.78, 5) is 11.1. The predicted molar refractivity (Wildman–Crippen MR) is 49.4 cm³/mol. The fraction of sp³-hybridized carbons (Fsp3) is 0.600. The molecule has 1 aliphatic rings. The van der Waals surface area contributed by atoms with Crippen molar-refractivity contribution in [3.8, 4) is 0 Å². The summed E-state index contributed by atoms with van der Waals surface area (Å²) in [6.07, 6.45) is 4.64. The third kappa shape index (κ3) is 1.28. The van der Waals surface area contributed by atoms with Crippen LogP contribution in [0.15, 0.2) is 12.4 Å². The number of carbonyl (C=O) groups excluding carboxylic acids is 1. The van der Waals surface area contributed by atoms with E-state index in [0.29, 0.717) is 18.1 Å². The summed E-state index contributed by atoms with van der Waals surface area (Å²) in [5.74, 6) is 1.01. The van der Waals surface area contributed by atoms with Gasteiger partial charge < -0.3 is 0 Å². The molecule has 0 saturated heterocycles. The van der Waals surface area contributed by atoms with Gasteiger partial charge in [-0.25, -0.2) is 0 Å². The van der Waals surface area contributed by atoms with Crippen LogP contribution >= 0.6 is 0 Å². The Kier molecular flexibility index (Phi) is 1.94. The highest BCUT2D eigenvalue weighted by Crippen LogP contribution is 2.38. The van der Waals surface area contributed by atoms with Gasteiger partial charge in [-0.1, -0.05) is 6.92 Å². The van der Waals surface area contributed by atoms with E-state index < -0.39 is 0 Å². The van der Waals surface area contributed by atoms with Crippen LogP contribution < -0.4 is 0 Å². The maximum absolute atomic E-state index is 11.1. The highest BCUT2D eigenvalue weighted by molar-refractivity contribution is 5.88. The zero-order chi connectivity index (χ0) is 9.42. The second kappa shape index (κ2) is 2.98. The van der Waals surface area contributed by atoms with Gasteiger partial charge in [-0.3, -0.25) is 9.48 Å². The van der Waals surface area contributed by atoms with Crippen molar-refractivity contribution in [2.24, 2.45) is 5.92 Å². The molecule has 1 aromatic rings. The normalized spacial score (nSPS) is 27.4. The Morgan fingerprint density at radius 3 is 2.92 bits per heavy atom. The Bertz CT molecular complexity index is 329. The Balaban J connectivity index is 2.13. The van der Waals surface area contributed by atoms with Gasteiger partial charge in [0, 0.05) is 31.0 Å². The lowest BCUT2D eigenvalue weighted by atomic mass is 9.71. The summed E-state index contributed by atoms with van der Waals surface area (Å²) < 4.78 is 1.91.